The van der Waals surface area contributed by atoms with Gasteiger partial charge in [0.05, 0.1) is 14.2 Å². The highest BCUT2D eigenvalue weighted by molar-refractivity contribution is 5.79. The number of rotatable bonds is 3. The van der Waals surface area contributed by atoms with Gasteiger partial charge in [-0.3, -0.25) is 14.5 Å². The Kier molecular flexibility index (Phi) is 4.73. The van der Waals surface area contributed by atoms with Gasteiger partial charge >= 0.3 is 11.9 Å². The zero-order valence-electron chi connectivity index (χ0n) is 10.1. The molecule has 1 saturated heterocycles. The van der Waals surface area contributed by atoms with E-state index < -0.39 is 6.04 Å². The molecule has 0 aromatic rings. The highest BCUT2D eigenvalue weighted by Crippen LogP contribution is 2.21. The molecule has 1 fully saturated rings. The van der Waals surface area contributed by atoms with E-state index >= 15 is 0 Å². The minimum atomic E-state index is -0.394. The second-order valence-corrected chi connectivity index (χ2v) is 3.97. The molecule has 5 nitrogen and oxygen atoms in total. The minimum Gasteiger partial charge on any atom is -0.468 e. The maximum absolute atomic E-state index is 11.6. The molecule has 1 aliphatic heterocycles. The van der Waals surface area contributed by atoms with Crippen LogP contribution in [-0.2, 0) is 19.1 Å². The van der Waals surface area contributed by atoms with Gasteiger partial charge in [-0.15, -0.1) is 0 Å². The molecule has 1 aliphatic rings. The zero-order valence-corrected chi connectivity index (χ0v) is 10.1. The van der Waals surface area contributed by atoms with E-state index in [1.54, 1.807) is 6.92 Å². The van der Waals surface area contributed by atoms with Crippen LogP contribution in [0.25, 0.3) is 0 Å². The van der Waals surface area contributed by atoms with Crippen molar-refractivity contribution in [3.8, 4) is 0 Å². The first kappa shape index (κ1) is 13.0. The average molecular weight is 229 g/mol. The molecule has 5 heteroatoms. The average Bonchev–Trinajstić information content (AvgIpc) is 2.35. The molecule has 0 spiro atoms. The smallest absolute Gasteiger partial charge is 0.323 e. The summed E-state index contributed by atoms with van der Waals surface area (Å²) >= 11 is 0. The molecule has 1 rings (SSSR count). The van der Waals surface area contributed by atoms with E-state index in [2.05, 4.69) is 0 Å². The lowest BCUT2D eigenvalue weighted by atomic mass is 10.00. The lowest BCUT2D eigenvalue weighted by molar-refractivity contribution is -0.155. The zero-order chi connectivity index (χ0) is 12.1. The first-order valence-corrected chi connectivity index (χ1v) is 5.53. The molecular weight excluding hydrogens is 210 g/mol. The number of likely N-dealkylation sites (tertiary alicyclic amines) is 1. The Morgan fingerprint density at radius 2 is 1.94 bits per heavy atom. The van der Waals surface area contributed by atoms with E-state index in [4.69, 9.17) is 9.47 Å². The molecule has 0 amide bonds. The van der Waals surface area contributed by atoms with Crippen LogP contribution in [0.2, 0.25) is 0 Å². The van der Waals surface area contributed by atoms with E-state index in [-0.39, 0.29) is 18.0 Å². The van der Waals surface area contributed by atoms with E-state index in [1.807, 2.05) is 4.90 Å². The summed E-state index contributed by atoms with van der Waals surface area (Å²) in [6.45, 7) is 2.49. The molecule has 0 aromatic carbocycles. The molecule has 0 aliphatic carbocycles. The van der Waals surface area contributed by atoms with Crippen LogP contribution < -0.4 is 0 Å². The first-order chi connectivity index (χ1) is 7.61. The molecule has 2 unspecified atom stereocenters. The topological polar surface area (TPSA) is 55.8 Å². The fourth-order valence-electron chi connectivity index (χ4n) is 2.11. The van der Waals surface area contributed by atoms with Gasteiger partial charge in [0.1, 0.15) is 12.1 Å². The van der Waals surface area contributed by atoms with Gasteiger partial charge in [-0.2, -0.15) is 0 Å². The Labute approximate surface area is 95.7 Å². The fourth-order valence-corrected chi connectivity index (χ4v) is 2.11. The number of esters is 2. The molecule has 0 aromatic heterocycles. The number of carbonyl (C=O) groups is 2. The van der Waals surface area contributed by atoms with Crippen LogP contribution in [0.4, 0.5) is 0 Å². The molecule has 0 radical (unpaired) electrons. The molecule has 2 atom stereocenters. The van der Waals surface area contributed by atoms with Crippen molar-refractivity contribution in [3.63, 3.8) is 0 Å². The van der Waals surface area contributed by atoms with Gasteiger partial charge in [-0.1, -0.05) is 6.42 Å². The molecule has 1 heterocycles. The SMILES string of the molecule is COC(=O)C(C)N1CCCCC1C(=O)OC. The summed E-state index contributed by atoms with van der Waals surface area (Å²) in [6.07, 6.45) is 2.73. The molecule has 0 bridgehead atoms. The maximum atomic E-state index is 11.6. The van der Waals surface area contributed by atoms with Gasteiger partial charge in [-0.05, 0) is 26.3 Å². The third kappa shape index (κ3) is 2.72. The predicted molar refractivity (Wildman–Crippen MR) is 57.8 cm³/mol. The number of hydrogen-bond acceptors (Lipinski definition) is 5. The summed E-state index contributed by atoms with van der Waals surface area (Å²) in [7, 11) is 2.73. The summed E-state index contributed by atoms with van der Waals surface area (Å²) < 4.78 is 9.44. The van der Waals surface area contributed by atoms with Gasteiger partial charge in [0.25, 0.3) is 0 Å². The van der Waals surface area contributed by atoms with Crippen molar-refractivity contribution < 1.29 is 19.1 Å². The minimum absolute atomic E-state index is 0.268. The van der Waals surface area contributed by atoms with Crippen molar-refractivity contribution in [2.24, 2.45) is 0 Å². The van der Waals surface area contributed by atoms with Crippen LogP contribution in [0.3, 0.4) is 0 Å². The van der Waals surface area contributed by atoms with Crippen molar-refractivity contribution in [1.29, 1.82) is 0 Å². The van der Waals surface area contributed by atoms with Crippen LogP contribution in [0.5, 0.6) is 0 Å². The van der Waals surface area contributed by atoms with Crippen molar-refractivity contribution in [3.05, 3.63) is 0 Å². The number of nitrogens with zero attached hydrogens (tertiary/aromatic N) is 1. The lowest BCUT2D eigenvalue weighted by Gasteiger charge is -2.36. The second kappa shape index (κ2) is 5.84. The van der Waals surface area contributed by atoms with Crippen LogP contribution in [0, 0.1) is 0 Å². The van der Waals surface area contributed by atoms with E-state index in [9.17, 15) is 9.59 Å². The monoisotopic (exact) mass is 229 g/mol. The Bertz CT molecular complexity index is 267. The largest absolute Gasteiger partial charge is 0.468 e. The van der Waals surface area contributed by atoms with Crippen LogP contribution in [0.15, 0.2) is 0 Å². The molecule has 0 N–H and O–H groups in total. The highest BCUT2D eigenvalue weighted by atomic mass is 16.5. The molecule has 16 heavy (non-hydrogen) atoms. The number of piperidine rings is 1. The van der Waals surface area contributed by atoms with Crippen LogP contribution in [-0.4, -0.2) is 49.7 Å². The van der Waals surface area contributed by atoms with Gasteiger partial charge in [0, 0.05) is 0 Å². The molecule has 0 saturated carbocycles. The summed E-state index contributed by atoms with van der Waals surface area (Å²) in [5.41, 5.74) is 0. The third-order valence-electron chi connectivity index (χ3n) is 3.06. The second-order valence-electron chi connectivity index (χ2n) is 3.97. The quantitative estimate of drug-likeness (QED) is 0.662. The summed E-state index contributed by atoms with van der Waals surface area (Å²) in [5, 5.41) is 0. The Morgan fingerprint density at radius 3 is 2.50 bits per heavy atom. The fraction of sp³-hybridized carbons (Fsp3) is 0.818. The lowest BCUT2D eigenvalue weighted by Crippen LogP contribution is -2.52. The molecular formula is C11H19NO4. The maximum Gasteiger partial charge on any atom is 0.323 e. The van der Waals surface area contributed by atoms with Gasteiger partial charge in [0.2, 0.25) is 0 Å². The van der Waals surface area contributed by atoms with Gasteiger partial charge < -0.3 is 9.47 Å². The Hall–Kier alpha value is -1.10. The third-order valence-corrected chi connectivity index (χ3v) is 3.06. The predicted octanol–water partition coefficient (Wildman–Crippen LogP) is 0.575. The van der Waals surface area contributed by atoms with E-state index in [0.29, 0.717) is 0 Å². The summed E-state index contributed by atoms with van der Waals surface area (Å²) in [5.74, 6) is -0.578. The number of ether oxygens (including phenoxy) is 2. The first-order valence-electron chi connectivity index (χ1n) is 5.53. The van der Waals surface area contributed by atoms with E-state index in [0.717, 1.165) is 25.8 Å². The van der Waals surface area contributed by atoms with Crippen molar-refractivity contribution in [2.75, 3.05) is 20.8 Å². The van der Waals surface area contributed by atoms with Crippen molar-refractivity contribution in [2.45, 2.75) is 38.3 Å². The van der Waals surface area contributed by atoms with Gasteiger partial charge in [-0.25, -0.2) is 0 Å². The van der Waals surface area contributed by atoms with E-state index in [1.165, 1.54) is 14.2 Å². The van der Waals surface area contributed by atoms with Crippen molar-refractivity contribution >= 4 is 11.9 Å². The standard InChI is InChI=1S/C11H19NO4/c1-8(10(13)15-2)12-7-5-4-6-9(12)11(14)16-3/h8-9H,4-7H2,1-3H3. The van der Waals surface area contributed by atoms with Crippen LogP contribution >= 0.6 is 0 Å². The highest BCUT2D eigenvalue weighted by Gasteiger charge is 2.35. The van der Waals surface area contributed by atoms with Crippen molar-refractivity contribution in [1.82, 2.24) is 4.90 Å². The Morgan fingerprint density at radius 1 is 1.25 bits per heavy atom. The summed E-state index contributed by atoms with van der Waals surface area (Å²) in [6, 6.07) is -0.706. The summed E-state index contributed by atoms with van der Waals surface area (Å²) in [4.78, 5) is 24.9. The number of methoxy groups -OCH3 is 2. The normalized spacial score (nSPS) is 23.6. The number of hydrogen-bond donors (Lipinski definition) is 0. The van der Waals surface area contributed by atoms with Crippen LogP contribution in [0.1, 0.15) is 26.2 Å². The Balaban J connectivity index is 2.73. The van der Waals surface area contributed by atoms with Gasteiger partial charge in [0.15, 0.2) is 0 Å². The molecule has 92 valence electrons. The number of carbonyl (C=O) groups excluding carboxylic acids is 2.